The molecule has 11 heteroatoms. The van der Waals surface area contributed by atoms with E-state index in [1.165, 1.54) is 50.6 Å². The van der Waals surface area contributed by atoms with Crippen LogP contribution in [0, 0.1) is 11.6 Å². The van der Waals surface area contributed by atoms with E-state index < -0.39 is 34.1 Å². The molecule has 0 radical (unpaired) electrons. The normalized spacial score (nSPS) is 11.2. The van der Waals surface area contributed by atoms with Crippen molar-refractivity contribution < 1.29 is 31.5 Å². The van der Waals surface area contributed by atoms with Gasteiger partial charge in [0.15, 0.2) is 11.5 Å². The molecule has 0 heterocycles. The van der Waals surface area contributed by atoms with E-state index in [1.807, 2.05) is 0 Å². The van der Waals surface area contributed by atoms with E-state index in [4.69, 9.17) is 26.8 Å². The van der Waals surface area contributed by atoms with Gasteiger partial charge in [0.2, 0.25) is 5.91 Å². The zero-order valence-electron chi connectivity index (χ0n) is 18.2. The number of nitrogens with zero attached hydrogens (tertiary/aromatic N) is 1. The van der Waals surface area contributed by atoms with Gasteiger partial charge in [-0.25, -0.2) is 17.2 Å². The number of carbonyl (C=O) groups excluding carboxylic acids is 1. The Morgan fingerprint density at radius 2 is 1.62 bits per heavy atom. The first-order valence-electron chi connectivity index (χ1n) is 9.81. The van der Waals surface area contributed by atoms with Gasteiger partial charge in [0, 0.05) is 17.2 Å². The number of rotatable bonds is 9. The topological polar surface area (TPSA) is 98.9 Å². The summed E-state index contributed by atoms with van der Waals surface area (Å²) < 4.78 is 65.8. The number of ether oxygens (including phenoxy) is 2. The third-order valence-corrected chi connectivity index (χ3v) is 6.86. The molecule has 0 spiro atoms. The van der Waals surface area contributed by atoms with E-state index in [0.29, 0.717) is 11.3 Å². The van der Waals surface area contributed by atoms with Crippen LogP contribution in [0.1, 0.15) is 11.1 Å². The molecule has 0 aliphatic carbocycles. The molecule has 0 aliphatic rings. The number of hydrogen-bond donors (Lipinski definition) is 1. The highest BCUT2D eigenvalue weighted by atomic mass is 35.5. The van der Waals surface area contributed by atoms with Crippen LogP contribution in [0.5, 0.6) is 11.5 Å². The van der Waals surface area contributed by atoms with Crippen LogP contribution in [0.4, 0.5) is 14.5 Å². The number of amides is 1. The number of nitrogens with two attached hydrogens (primary N) is 1. The number of hydrogen-bond acceptors (Lipinski definition) is 5. The first kappa shape index (κ1) is 25.3. The van der Waals surface area contributed by atoms with Crippen molar-refractivity contribution >= 4 is 33.2 Å². The van der Waals surface area contributed by atoms with Crippen LogP contribution in [0.25, 0.3) is 0 Å². The van der Waals surface area contributed by atoms with Crippen LogP contribution < -0.4 is 19.5 Å². The van der Waals surface area contributed by atoms with Gasteiger partial charge in [0.05, 0.1) is 24.8 Å². The maximum Gasteiger partial charge on any atom is 0.264 e. The number of anilines is 1. The Labute approximate surface area is 200 Å². The Morgan fingerprint density at radius 1 is 0.971 bits per heavy atom. The predicted molar refractivity (Wildman–Crippen MR) is 124 cm³/mol. The van der Waals surface area contributed by atoms with Gasteiger partial charge in [0.25, 0.3) is 10.0 Å². The molecule has 0 saturated carbocycles. The molecule has 2 N–H and O–H groups in total. The number of benzene rings is 3. The lowest BCUT2D eigenvalue weighted by molar-refractivity contribution is -0.116. The van der Waals surface area contributed by atoms with E-state index in [-0.39, 0.29) is 33.3 Å². The minimum Gasteiger partial charge on any atom is -0.493 e. The highest BCUT2D eigenvalue weighted by molar-refractivity contribution is 7.92. The second-order valence-electron chi connectivity index (χ2n) is 7.22. The number of methoxy groups -OCH3 is 2. The van der Waals surface area contributed by atoms with Crippen LogP contribution in [0.2, 0.25) is 5.02 Å². The first-order chi connectivity index (χ1) is 16.0. The van der Waals surface area contributed by atoms with Crippen LogP contribution in [-0.4, -0.2) is 35.1 Å². The summed E-state index contributed by atoms with van der Waals surface area (Å²) >= 11 is 6.12. The quantitative estimate of drug-likeness (QED) is 0.470. The lowest BCUT2D eigenvalue weighted by Crippen LogP contribution is -2.39. The molecule has 0 fully saturated rings. The van der Waals surface area contributed by atoms with Crippen LogP contribution in [0.3, 0.4) is 0 Å². The molecule has 0 atom stereocenters. The monoisotopic (exact) mass is 510 g/mol. The van der Waals surface area contributed by atoms with Gasteiger partial charge < -0.3 is 15.2 Å². The van der Waals surface area contributed by atoms with Crippen molar-refractivity contribution in [1.82, 2.24) is 0 Å². The summed E-state index contributed by atoms with van der Waals surface area (Å²) in [5.74, 6) is -2.02. The molecule has 0 bridgehead atoms. The summed E-state index contributed by atoms with van der Waals surface area (Å²) in [5.41, 5.74) is 5.98. The van der Waals surface area contributed by atoms with Crippen molar-refractivity contribution in [3.8, 4) is 11.5 Å². The molecule has 1 amide bonds. The Balaban J connectivity index is 2.15. The Kier molecular flexibility index (Phi) is 7.63. The van der Waals surface area contributed by atoms with Crippen LogP contribution >= 0.6 is 11.6 Å². The maximum absolute atomic E-state index is 13.7. The molecule has 180 valence electrons. The van der Waals surface area contributed by atoms with Crippen molar-refractivity contribution in [1.29, 1.82) is 0 Å². The van der Waals surface area contributed by atoms with Gasteiger partial charge in [-0.1, -0.05) is 11.6 Å². The Hall–Kier alpha value is -3.37. The van der Waals surface area contributed by atoms with E-state index in [2.05, 4.69) is 0 Å². The molecule has 0 aromatic heterocycles. The van der Waals surface area contributed by atoms with Gasteiger partial charge in [-0.3, -0.25) is 9.10 Å². The summed E-state index contributed by atoms with van der Waals surface area (Å²) in [4.78, 5) is 11.7. The molecule has 34 heavy (non-hydrogen) atoms. The van der Waals surface area contributed by atoms with Crippen molar-refractivity contribution in [2.24, 2.45) is 5.73 Å². The molecule has 0 unspecified atom stereocenters. The van der Waals surface area contributed by atoms with Crippen molar-refractivity contribution in [2.45, 2.75) is 11.3 Å². The molecule has 3 rings (SSSR count). The number of sulfonamides is 1. The number of primary amides is 1. The lowest BCUT2D eigenvalue weighted by Gasteiger charge is -2.26. The van der Waals surface area contributed by atoms with Gasteiger partial charge in [0.1, 0.15) is 18.2 Å². The maximum atomic E-state index is 13.7. The summed E-state index contributed by atoms with van der Waals surface area (Å²) in [6.07, 6.45) is -0.0682. The predicted octanol–water partition coefficient (Wildman–Crippen LogP) is 3.91. The van der Waals surface area contributed by atoms with Gasteiger partial charge in [-0.15, -0.1) is 0 Å². The fraction of sp³-hybridized carbons (Fsp3) is 0.174. The van der Waals surface area contributed by atoms with Crippen molar-refractivity contribution in [3.05, 3.63) is 82.4 Å². The number of halogens is 3. The van der Waals surface area contributed by atoms with Crippen LogP contribution in [-0.2, 0) is 21.2 Å². The molecule has 0 aliphatic heterocycles. The van der Waals surface area contributed by atoms with Gasteiger partial charge in [-0.05, 0) is 60.0 Å². The van der Waals surface area contributed by atoms with Crippen LogP contribution in [0.15, 0.2) is 59.5 Å². The summed E-state index contributed by atoms with van der Waals surface area (Å²) in [6, 6.07) is 11.2. The summed E-state index contributed by atoms with van der Waals surface area (Å²) in [5, 5.41) is 0.262. The minimum absolute atomic E-state index is 0.0682. The van der Waals surface area contributed by atoms with Crippen molar-refractivity contribution in [3.63, 3.8) is 0 Å². The number of carbonyl (C=O) groups is 1. The second kappa shape index (κ2) is 10.3. The summed E-state index contributed by atoms with van der Waals surface area (Å²) in [6.45, 7) is -0.692. The molecule has 7 nitrogen and oxygen atoms in total. The van der Waals surface area contributed by atoms with Crippen molar-refractivity contribution in [2.75, 3.05) is 25.1 Å². The molecular formula is C23H21ClF2N2O5S. The zero-order valence-corrected chi connectivity index (χ0v) is 19.8. The largest absolute Gasteiger partial charge is 0.493 e. The smallest absolute Gasteiger partial charge is 0.264 e. The minimum atomic E-state index is -4.35. The molecule has 3 aromatic rings. The average Bonchev–Trinajstić information content (AvgIpc) is 2.76. The second-order valence-corrected chi connectivity index (χ2v) is 9.52. The fourth-order valence-corrected chi connectivity index (χ4v) is 5.10. The third kappa shape index (κ3) is 5.57. The standard InChI is InChI=1S/C23H21ClF2N2O5S/c1-32-21-6-4-19(12-22(21)33-2)34(30,31)28(13-23(27)29)20-5-3-16(24)10-15(20)7-14-8-17(25)11-18(26)9-14/h3-6,8-12H,7,13H2,1-2H3,(H2,27,29). The first-order valence-corrected chi connectivity index (χ1v) is 11.6. The van der Waals surface area contributed by atoms with E-state index in [1.54, 1.807) is 0 Å². The lowest BCUT2D eigenvalue weighted by atomic mass is 10.0. The zero-order chi connectivity index (χ0) is 25.0. The molecule has 3 aromatic carbocycles. The van der Waals surface area contributed by atoms with Gasteiger partial charge in [-0.2, -0.15) is 0 Å². The SMILES string of the molecule is COc1ccc(S(=O)(=O)N(CC(N)=O)c2ccc(Cl)cc2Cc2cc(F)cc(F)c2)cc1OC. The molecule has 0 saturated heterocycles. The van der Waals surface area contributed by atoms with Gasteiger partial charge >= 0.3 is 0 Å². The Morgan fingerprint density at radius 3 is 2.21 bits per heavy atom. The molecular weight excluding hydrogens is 490 g/mol. The van der Waals surface area contributed by atoms with E-state index >= 15 is 0 Å². The Bertz CT molecular complexity index is 1310. The summed E-state index contributed by atoms with van der Waals surface area (Å²) in [7, 11) is -1.59. The van der Waals surface area contributed by atoms with E-state index in [9.17, 15) is 22.0 Å². The third-order valence-electron chi connectivity index (χ3n) is 4.87. The highest BCUT2D eigenvalue weighted by Gasteiger charge is 2.29. The fourth-order valence-electron chi connectivity index (χ4n) is 3.42. The highest BCUT2D eigenvalue weighted by Crippen LogP contribution is 2.34. The van der Waals surface area contributed by atoms with E-state index in [0.717, 1.165) is 22.5 Å². The average molecular weight is 511 g/mol.